The van der Waals surface area contributed by atoms with Crippen molar-refractivity contribution in [1.82, 2.24) is 9.97 Å². The molecule has 3 rings (SSSR count). The Morgan fingerprint density at radius 3 is 2.73 bits per heavy atom. The average molecular weight is 297 g/mol. The summed E-state index contributed by atoms with van der Waals surface area (Å²) in [6.45, 7) is 1.86. The molecule has 1 atom stereocenters. The molecular formula is C17H16FN3O. The highest BCUT2D eigenvalue weighted by atomic mass is 19.1. The lowest BCUT2D eigenvalue weighted by Crippen LogP contribution is -2.11. The first-order valence-electron chi connectivity index (χ1n) is 6.95. The van der Waals surface area contributed by atoms with Gasteiger partial charge in [-0.25, -0.2) is 4.39 Å². The fourth-order valence-electron chi connectivity index (χ4n) is 2.56. The predicted molar refractivity (Wildman–Crippen MR) is 84.1 cm³/mol. The lowest BCUT2D eigenvalue weighted by Gasteiger charge is -2.18. The number of pyridine rings is 2. The van der Waals surface area contributed by atoms with Crippen molar-refractivity contribution in [3.8, 4) is 16.9 Å². The van der Waals surface area contributed by atoms with Crippen molar-refractivity contribution in [3.05, 3.63) is 54.2 Å². The molecule has 0 bridgehead atoms. The van der Waals surface area contributed by atoms with Crippen LogP contribution in [-0.2, 0) is 0 Å². The van der Waals surface area contributed by atoms with Crippen LogP contribution < -0.4 is 10.5 Å². The van der Waals surface area contributed by atoms with Gasteiger partial charge in [0.1, 0.15) is 11.6 Å². The lowest BCUT2D eigenvalue weighted by atomic mass is 9.98. The molecule has 0 aliphatic carbocycles. The Bertz CT molecular complexity index is 819. The zero-order chi connectivity index (χ0) is 15.7. The molecular weight excluding hydrogens is 281 g/mol. The molecule has 3 aromatic rings. The Balaban J connectivity index is 2.43. The molecule has 2 N–H and O–H groups in total. The van der Waals surface area contributed by atoms with Gasteiger partial charge in [0.05, 0.1) is 18.3 Å². The van der Waals surface area contributed by atoms with Gasteiger partial charge in [0.25, 0.3) is 0 Å². The second-order valence-electron chi connectivity index (χ2n) is 5.10. The standard InChI is InChI=1S/C17H16FN3O/c1-10(19)16-15(11-4-3-7-20-9-11)17(22-2)13-8-12(18)5-6-14(13)21-16/h3-10H,19H2,1-2H3/t10-/m1/s1. The molecule has 1 aromatic carbocycles. The number of aromatic nitrogens is 2. The molecule has 0 fully saturated rings. The zero-order valence-corrected chi connectivity index (χ0v) is 12.4. The number of halogens is 1. The molecule has 0 saturated carbocycles. The van der Waals surface area contributed by atoms with E-state index in [2.05, 4.69) is 9.97 Å². The third-order valence-corrected chi connectivity index (χ3v) is 3.51. The smallest absolute Gasteiger partial charge is 0.138 e. The number of hydrogen-bond acceptors (Lipinski definition) is 4. The second-order valence-corrected chi connectivity index (χ2v) is 5.10. The summed E-state index contributed by atoms with van der Waals surface area (Å²) >= 11 is 0. The number of ether oxygens (including phenoxy) is 1. The summed E-state index contributed by atoms with van der Waals surface area (Å²) < 4.78 is 19.2. The van der Waals surface area contributed by atoms with Gasteiger partial charge in [0.2, 0.25) is 0 Å². The summed E-state index contributed by atoms with van der Waals surface area (Å²) in [6, 6.07) is 7.87. The molecule has 4 nitrogen and oxygen atoms in total. The Morgan fingerprint density at radius 1 is 1.27 bits per heavy atom. The van der Waals surface area contributed by atoms with Crippen LogP contribution in [0.25, 0.3) is 22.0 Å². The maximum absolute atomic E-state index is 13.6. The van der Waals surface area contributed by atoms with Crippen LogP contribution in [0.3, 0.4) is 0 Å². The second kappa shape index (κ2) is 5.69. The Morgan fingerprint density at radius 2 is 2.09 bits per heavy atom. The van der Waals surface area contributed by atoms with Gasteiger partial charge >= 0.3 is 0 Å². The van der Waals surface area contributed by atoms with Crippen molar-refractivity contribution in [2.75, 3.05) is 7.11 Å². The van der Waals surface area contributed by atoms with Crippen molar-refractivity contribution in [1.29, 1.82) is 0 Å². The lowest BCUT2D eigenvalue weighted by molar-refractivity contribution is 0.420. The number of rotatable bonds is 3. The third-order valence-electron chi connectivity index (χ3n) is 3.51. The van der Waals surface area contributed by atoms with Crippen LogP contribution in [-0.4, -0.2) is 17.1 Å². The normalized spacial score (nSPS) is 12.4. The maximum atomic E-state index is 13.6. The van der Waals surface area contributed by atoms with Gasteiger partial charge < -0.3 is 10.5 Å². The minimum atomic E-state index is -0.335. The Kier molecular flexibility index (Phi) is 3.73. The van der Waals surface area contributed by atoms with Gasteiger partial charge in [-0.15, -0.1) is 0 Å². The summed E-state index contributed by atoms with van der Waals surface area (Å²) in [5, 5.41) is 0.616. The largest absolute Gasteiger partial charge is 0.495 e. The van der Waals surface area contributed by atoms with Gasteiger partial charge in [0.15, 0.2) is 0 Å². The molecule has 5 heteroatoms. The van der Waals surface area contributed by atoms with Gasteiger partial charge in [-0.3, -0.25) is 9.97 Å². The van der Waals surface area contributed by atoms with Crippen LogP contribution in [0.2, 0.25) is 0 Å². The zero-order valence-electron chi connectivity index (χ0n) is 12.4. The van der Waals surface area contributed by atoms with Gasteiger partial charge in [-0.05, 0) is 31.2 Å². The van der Waals surface area contributed by atoms with E-state index in [0.717, 1.165) is 11.1 Å². The van der Waals surface area contributed by atoms with Crippen LogP contribution in [0.1, 0.15) is 18.7 Å². The molecule has 22 heavy (non-hydrogen) atoms. The van der Waals surface area contributed by atoms with E-state index in [9.17, 15) is 4.39 Å². The van der Waals surface area contributed by atoms with E-state index in [-0.39, 0.29) is 11.9 Å². The Labute approximate surface area is 127 Å². The average Bonchev–Trinajstić information content (AvgIpc) is 2.53. The van der Waals surface area contributed by atoms with Crippen molar-refractivity contribution in [2.24, 2.45) is 5.73 Å². The Hall–Kier alpha value is -2.53. The van der Waals surface area contributed by atoms with E-state index in [4.69, 9.17) is 10.5 Å². The fraction of sp³-hybridized carbons (Fsp3) is 0.176. The van der Waals surface area contributed by atoms with Crippen LogP contribution in [0.4, 0.5) is 4.39 Å². The van der Waals surface area contributed by atoms with E-state index in [1.165, 1.54) is 12.1 Å². The third kappa shape index (κ3) is 2.40. The molecule has 112 valence electrons. The summed E-state index contributed by atoms with van der Waals surface area (Å²) in [6.07, 6.45) is 3.41. The molecule has 0 radical (unpaired) electrons. The highest BCUT2D eigenvalue weighted by Crippen LogP contribution is 2.39. The van der Waals surface area contributed by atoms with E-state index < -0.39 is 0 Å². The van der Waals surface area contributed by atoms with Crippen molar-refractivity contribution >= 4 is 10.9 Å². The number of hydrogen-bond donors (Lipinski definition) is 1. The summed E-state index contributed by atoms with van der Waals surface area (Å²) in [7, 11) is 1.56. The number of methoxy groups -OCH3 is 1. The maximum Gasteiger partial charge on any atom is 0.138 e. The molecule has 0 aliphatic heterocycles. The molecule has 2 aromatic heterocycles. The highest BCUT2D eigenvalue weighted by molar-refractivity contribution is 5.93. The van der Waals surface area contributed by atoms with Gasteiger partial charge in [-0.1, -0.05) is 6.07 Å². The molecule has 0 spiro atoms. The number of benzene rings is 1. The number of fused-ring (bicyclic) bond motifs is 1. The first-order valence-corrected chi connectivity index (χ1v) is 6.95. The first kappa shape index (κ1) is 14.4. The summed E-state index contributed by atoms with van der Waals surface area (Å²) in [4.78, 5) is 8.74. The van der Waals surface area contributed by atoms with Crippen molar-refractivity contribution in [3.63, 3.8) is 0 Å². The van der Waals surface area contributed by atoms with Crippen LogP contribution in [0.5, 0.6) is 5.75 Å². The quantitative estimate of drug-likeness (QED) is 0.804. The van der Waals surface area contributed by atoms with Crippen LogP contribution in [0.15, 0.2) is 42.7 Å². The van der Waals surface area contributed by atoms with E-state index in [1.807, 2.05) is 19.1 Å². The van der Waals surface area contributed by atoms with Crippen LogP contribution >= 0.6 is 0 Å². The SMILES string of the molecule is COc1c(-c2cccnc2)c([C@@H](C)N)nc2ccc(F)cc12. The molecule has 2 heterocycles. The van der Waals surface area contributed by atoms with Gasteiger partial charge in [0, 0.05) is 34.9 Å². The predicted octanol–water partition coefficient (Wildman–Crippen LogP) is 3.46. The van der Waals surface area contributed by atoms with Crippen molar-refractivity contribution < 1.29 is 9.13 Å². The molecule has 0 saturated heterocycles. The molecule has 0 amide bonds. The minimum Gasteiger partial charge on any atom is -0.495 e. The van der Waals surface area contributed by atoms with E-state index >= 15 is 0 Å². The monoisotopic (exact) mass is 297 g/mol. The molecule has 0 unspecified atom stereocenters. The van der Waals surface area contributed by atoms with E-state index in [0.29, 0.717) is 22.3 Å². The minimum absolute atomic E-state index is 0.293. The number of nitrogens with zero attached hydrogens (tertiary/aromatic N) is 2. The first-order chi connectivity index (χ1) is 10.6. The summed E-state index contributed by atoms with van der Waals surface area (Å²) in [5.41, 5.74) is 9.02. The number of nitrogens with two attached hydrogens (primary N) is 1. The van der Waals surface area contributed by atoms with Crippen molar-refractivity contribution in [2.45, 2.75) is 13.0 Å². The van der Waals surface area contributed by atoms with Crippen LogP contribution in [0, 0.1) is 5.82 Å². The topological polar surface area (TPSA) is 61.0 Å². The van der Waals surface area contributed by atoms with E-state index in [1.54, 1.807) is 25.6 Å². The molecule has 0 aliphatic rings. The fourth-order valence-corrected chi connectivity index (χ4v) is 2.56. The van der Waals surface area contributed by atoms with Gasteiger partial charge in [-0.2, -0.15) is 0 Å². The summed E-state index contributed by atoms with van der Waals surface area (Å²) in [5.74, 6) is 0.225. The highest BCUT2D eigenvalue weighted by Gasteiger charge is 2.20.